The quantitative estimate of drug-likeness (QED) is 0.613. The highest BCUT2D eigenvalue weighted by atomic mass is 16.6. The lowest BCUT2D eigenvalue weighted by Crippen LogP contribution is -2.29. The van der Waals surface area contributed by atoms with Gasteiger partial charge >= 0.3 is 5.69 Å². The van der Waals surface area contributed by atoms with Crippen molar-refractivity contribution in [1.29, 1.82) is 0 Å². The van der Waals surface area contributed by atoms with Crippen LogP contribution in [0, 0.1) is 10.1 Å². The molecule has 20 heavy (non-hydrogen) atoms. The summed E-state index contributed by atoms with van der Waals surface area (Å²) in [4.78, 5) is 27.8. The van der Waals surface area contributed by atoms with Crippen molar-refractivity contribution in [3.05, 3.63) is 22.2 Å². The zero-order valence-electron chi connectivity index (χ0n) is 11.0. The molecular weight excluding hydrogens is 262 g/mol. The molecule has 1 saturated heterocycles. The summed E-state index contributed by atoms with van der Waals surface area (Å²) in [6.07, 6.45) is 2.37. The molecule has 0 spiro atoms. The van der Waals surface area contributed by atoms with E-state index in [1.165, 1.54) is 12.1 Å². The molecule has 0 atom stereocenters. The number of pyridine rings is 1. The number of nitrogens with one attached hydrogen (secondary N) is 1. The SMILES string of the molecule is Nc1ccc([N+](=O)[O-])c(NCCC(=O)N2CCCC2)n1. The van der Waals surface area contributed by atoms with Gasteiger partial charge in [0.05, 0.1) is 4.92 Å². The van der Waals surface area contributed by atoms with E-state index < -0.39 is 4.92 Å². The van der Waals surface area contributed by atoms with Crippen LogP contribution in [0.25, 0.3) is 0 Å². The van der Waals surface area contributed by atoms with Crippen molar-refractivity contribution in [2.24, 2.45) is 0 Å². The number of hydrogen-bond donors (Lipinski definition) is 2. The van der Waals surface area contributed by atoms with Gasteiger partial charge in [0.25, 0.3) is 0 Å². The van der Waals surface area contributed by atoms with Gasteiger partial charge in [-0.1, -0.05) is 0 Å². The lowest BCUT2D eigenvalue weighted by atomic mass is 10.3. The molecule has 8 nitrogen and oxygen atoms in total. The number of carbonyl (C=O) groups excluding carboxylic acids is 1. The van der Waals surface area contributed by atoms with Crippen LogP contribution in [0.1, 0.15) is 19.3 Å². The van der Waals surface area contributed by atoms with Gasteiger partial charge in [-0.05, 0) is 18.9 Å². The number of aromatic nitrogens is 1. The maximum absolute atomic E-state index is 11.8. The minimum absolute atomic E-state index is 0.0570. The fraction of sp³-hybridized carbons (Fsp3) is 0.500. The molecule has 1 aliphatic heterocycles. The number of anilines is 2. The number of amides is 1. The normalized spacial score (nSPS) is 14.3. The van der Waals surface area contributed by atoms with Crippen LogP contribution >= 0.6 is 0 Å². The van der Waals surface area contributed by atoms with Gasteiger partial charge in [-0.3, -0.25) is 14.9 Å². The first-order valence-corrected chi connectivity index (χ1v) is 6.50. The number of rotatable bonds is 5. The number of carbonyl (C=O) groups is 1. The zero-order valence-corrected chi connectivity index (χ0v) is 11.0. The average molecular weight is 279 g/mol. The van der Waals surface area contributed by atoms with Gasteiger partial charge in [0.15, 0.2) is 0 Å². The summed E-state index contributed by atoms with van der Waals surface area (Å²) in [5.41, 5.74) is 5.36. The van der Waals surface area contributed by atoms with Crippen LogP contribution in [0.15, 0.2) is 12.1 Å². The number of nitro groups is 1. The van der Waals surface area contributed by atoms with Crippen molar-refractivity contribution < 1.29 is 9.72 Å². The van der Waals surface area contributed by atoms with Crippen LogP contribution < -0.4 is 11.1 Å². The van der Waals surface area contributed by atoms with Crippen LogP contribution in [0.2, 0.25) is 0 Å². The van der Waals surface area contributed by atoms with E-state index in [0.29, 0.717) is 6.54 Å². The molecule has 1 aromatic rings. The predicted molar refractivity (Wildman–Crippen MR) is 74.2 cm³/mol. The fourth-order valence-corrected chi connectivity index (χ4v) is 2.16. The van der Waals surface area contributed by atoms with Gasteiger partial charge in [0, 0.05) is 32.1 Å². The smallest absolute Gasteiger partial charge is 0.311 e. The topological polar surface area (TPSA) is 114 Å². The second kappa shape index (κ2) is 6.18. The van der Waals surface area contributed by atoms with Gasteiger partial charge in [-0.15, -0.1) is 0 Å². The van der Waals surface area contributed by atoms with Crippen LogP contribution in [0.4, 0.5) is 17.3 Å². The third-order valence-corrected chi connectivity index (χ3v) is 3.18. The Hall–Kier alpha value is -2.38. The first-order chi connectivity index (χ1) is 9.58. The molecule has 2 heterocycles. The van der Waals surface area contributed by atoms with Gasteiger partial charge < -0.3 is 16.0 Å². The Labute approximate surface area is 116 Å². The minimum atomic E-state index is -0.531. The molecule has 2 rings (SSSR count). The first-order valence-electron chi connectivity index (χ1n) is 6.50. The van der Waals surface area contributed by atoms with Gasteiger partial charge in [0.2, 0.25) is 11.7 Å². The molecular formula is C12H17N5O3. The van der Waals surface area contributed by atoms with E-state index in [-0.39, 0.29) is 29.7 Å². The monoisotopic (exact) mass is 279 g/mol. The summed E-state index contributed by atoms with van der Waals surface area (Å²) in [6.45, 7) is 1.90. The molecule has 0 aliphatic carbocycles. The predicted octanol–water partition coefficient (Wildman–Crippen LogP) is 0.996. The van der Waals surface area contributed by atoms with Crippen LogP contribution in [0.5, 0.6) is 0 Å². The van der Waals surface area contributed by atoms with Crippen molar-refractivity contribution in [3.8, 4) is 0 Å². The molecule has 1 amide bonds. The molecule has 1 aromatic heterocycles. The lowest BCUT2D eigenvalue weighted by Gasteiger charge is -2.15. The van der Waals surface area contributed by atoms with Gasteiger partial charge in [-0.2, -0.15) is 0 Å². The second-order valence-electron chi connectivity index (χ2n) is 4.63. The standard InChI is InChI=1S/C12H17N5O3/c13-10-4-3-9(17(19)20)12(15-10)14-6-5-11(18)16-7-1-2-8-16/h3-4H,1-2,5-8H2,(H3,13,14,15). The number of nitrogens with zero attached hydrogens (tertiary/aromatic N) is 3. The van der Waals surface area contributed by atoms with E-state index in [4.69, 9.17) is 5.73 Å². The maximum atomic E-state index is 11.8. The van der Waals surface area contributed by atoms with Crippen molar-refractivity contribution in [2.45, 2.75) is 19.3 Å². The van der Waals surface area contributed by atoms with E-state index >= 15 is 0 Å². The molecule has 1 fully saturated rings. The van der Waals surface area contributed by atoms with E-state index in [1.54, 1.807) is 0 Å². The fourth-order valence-electron chi connectivity index (χ4n) is 2.16. The largest absolute Gasteiger partial charge is 0.384 e. The highest BCUT2D eigenvalue weighted by Gasteiger charge is 2.19. The van der Waals surface area contributed by atoms with Crippen molar-refractivity contribution in [3.63, 3.8) is 0 Å². The second-order valence-corrected chi connectivity index (χ2v) is 4.63. The van der Waals surface area contributed by atoms with Crippen LogP contribution in [-0.2, 0) is 4.79 Å². The van der Waals surface area contributed by atoms with Crippen molar-refractivity contribution in [1.82, 2.24) is 9.88 Å². The van der Waals surface area contributed by atoms with Gasteiger partial charge in [-0.25, -0.2) is 4.98 Å². The van der Waals surface area contributed by atoms with Crippen LogP contribution in [-0.4, -0.2) is 40.3 Å². The third-order valence-electron chi connectivity index (χ3n) is 3.18. The summed E-state index contributed by atoms with van der Waals surface area (Å²) >= 11 is 0. The van der Waals surface area contributed by atoms with Crippen molar-refractivity contribution in [2.75, 3.05) is 30.7 Å². The Bertz CT molecular complexity index is 514. The summed E-state index contributed by atoms with van der Waals surface area (Å²) in [5.74, 6) is 0.356. The zero-order chi connectivity index (χ0) is 14.5. The molecule has 1 aliphatic rings. The molecule has 0 unspecified atom stereocenters. The number of nitrogens with two attached hydrogens (primary N) is 1. The molecule has 108 valence electrons. The molecule has 0 aromatic carbocycles. The van der Waals surface area contributed by atoms with E-state index in [1.807, 2.05) is 4.90 Å². The van der Waals surface area contributed by atoms with Crippen LogP contribution in [0.3, 0.4) is 0 Å². The number of hydrogen-bond acceptors (Lipinski definition) is 6. The average Bonchev–Trinajstić information content (AvgIpc) is 2.92. The Balaban J connectivity index is 1.91. The Morgan fingerprint density at radius 2 is 2.15 bits per heavy atom. The highest BCUT2D eigenvalue weighted by molar-refractivity contribution is 5.77. The van der Waals surface area contributed by atoms with E-state index in [0.717, 1.165) is 25.9 Å². The highest BCUT2D eigenvalue weighted by Crippen LogP contribution is 2.22. The van der Waals surface area contributed by atoms with E-state index in [2.05, 4.69) is 10.3 Å². The number of likely N-dealkylation sites (tertiary alicyclic amines) is 1. The third kappa shape index (κ3) is 3.34. The molecule has 0 saturated carbocycles. The summed E-state index contributed by atoms with van der Waals surface area (Å²) in [7, 11) is 0. The Morgan fingerprint density at radius 3 is 2.80 bits per heavy atom. The molecule has 0 radical (unpaired) electrons. The Morgan fingerprint density at radius 1 is 1.45 bits per heavy atom. The molecule has 0 bridgehead atoms. The summed E-state index contributed by atoms with van der Waals surface area (Å²) in [5, 5.41) is 13.7. The van der Waals surface area contributed by atoms with E-state index in [9.17, 15) is 14.9 Å². The number of nitrogen functional groups attached to an aromatic ring is 1. The van der Waals surface area contributed by atoms with Gasteiger partial charge in [0.1, 0.15) is 5.82 Å². The minimum Gasteiger partial charge on any atom is -0.384 e. The maximum Gasteiger partial charge on any atom is 0.311 e. The summed E-state index contributed by atoms with van der Waals surface area (Å²) in [6, 6.07) is 2.67. The summed E-state index contributed by atoms with van der Waals surface area (Å²) < 4.78 is 0. The molecule has 3 N–H and O–H groups in total. The first kappa shape index (κ1) is 14.0. The molecule has 8 heteroatoms. The van der Waals surface area contributed by atoms with Crippen molar-refractivity contribution >= 4 is 23.2 Å². The lowest BCUT2D eigenvalue weighted by molar-refractivity contribution is -0.384. The Kier molecular flexibility index (Phi) is 4.34.